The van der Waals surface area contributed by atoms with E-state index in [4.69, 9.17) is 4.42 Å². The minimum atomic E-state index is -3.43. The van der Waals surface area contributed by atoms with Gasteiger partial charge in [0.1, 0.15) is 5.76 Å². The molecular formula is C15H17NO3S. The lowest BCUT2D eigenvalue weighted by Crippen LogP contribution is -2.26. The minimum absolute atomic E-state index is 0.340. The molecule has 1 aliphatic carbocycles. The second-order valence-corrected chi connectivity index (χ2v) is 6.78. The van der Waals surface area contributed by atoms with Crippen molar-refractivity contribution < 1.29 is 12.8 Å². The molecule has 0 atom stereocenters. The Morgan fingerprint density at radius 3 is 2.80 bits per heavy atom. The third-order valence-corrected chi connectivity index (χ3v) is 5.08. The third kappa shape index (κ3) is 2.78. The molecule has 1 aromatic carbocycles. The van der Waals surface area contributed by atoms with Gasteiger partial charge in [0.15, 0.2) is 0 Å². The highest BCUT2D eigenvalue weighted by Gasteiger charge is 2.18. The number of aryl methyl sites for hydroxylation is 2. The molecule has 5 heteroatoms. The van der Waals surface area contributed by atoms with Gasteiger partial charge in [0.25, 0.3) is 0 Å². The molecule has 0 fully saturated rings. The summed E-state index contributed by atoms with van der Waals surface area (Å²) in [6.45, 7) is 0.340. The van der Waals surface area contributed by atoms with Crippen LogP contribution in [0.15, 0.2) is 45.9 Å². The Morgan fingerprint density at radius 1 is 1.15 bits per heavy atom. The number of sulfonamides is 1. The van der Waals surface area contributed by atoms with Gasteiger partial charge in [-0.2, -0.15) is 0 Å². The van der Waals surface area contributed by atoms with Gasteiger partial charge in [-0.05, 0) is 54.7 Å². The first-order chi connectivity index (χ1) is 9.65. The monoisotopic (exact) mass is 291 g/mol. The van der Waals surface area contributed by atoms with Gasteiger partial charge in [-0.3, -0.25) is 0 Å². The summed E-state index contributed by atoms with van der Waals surface area (Å²) in [6, 6.07) is 9.06. The predicted molar refractivity (Wildman–Crippen MR) is 76.1 cm³/mol. The van der Waals surface area contributed by atoms with Crippen molar-refractivity contribution in [3.05, 3.63) is 53.5 Å². The van der Waals surface area contributed by atoms with E-state index in [0.717, 1.165) is 25.0 Å². The van der Waals surface area contributed by atoms with Crippen LogP contribution < -0.4 is 4.72 Å². The number of hydrogen-bond acceptors (Lipinski definition) is 3. The van der Waals surface area contributed by atoms with E-state index in [9.17, 15) is 8.42 Å². The van der Waals surface area contributed by atoms with Crippen LogP contribution in [0.3, 0.4) is 0 Å². The fourth-order valence-corrected chi connectivity index (χ4v) is 3.64. The number of furan rings is 1. The summed E-state index contributed by atoms with van der Waals surface area (Å²) < 4.78 is 32.2. The van der Waals surface area contributed by atoms with Crippen LogP contribution in [0.1, 0.15) is 23.3 Å². The quantitative estimate of drug-likeness (QED) is 0.919. The molecule has 0 saturated carbocycles. The first kappa shape index (κ1) is 13.4. The van der Waals surface area contributed by atoms with Gasteiger partial charge in [-0.25, -0.2) is 13.1 Å². The van der Waals surface area contributed by atoms with E-state index in [1.54, 1.807) is 24.5 Å². The third-order valence-electron chi connectivity index (χ3n) is 3.62. The Labute approximate surface area is 118 Å². The zero-order valence-electron chi connectivity index (χ0n) is 11.1. The molecule has 0 bridgehead atoms. The molecular weight excluding hydrogens is 274 g/mol. The standard InChI is InChI=1S/C15H17NO3S/c17-20(18,16-9-8-14-5-2-10-19-14)15-7-6-12-3-1-4-13(12)11-15/h2,5-7,10-11,16H,1,3-4,8-9H2. The molecule has 3 rings (SSSR count). The van der Waals surface area contributed by atoms with Crippen molar-refractivity contribution in [2.75, 3.05) is 6.54 Å². The number of benzene rings is 1. The van der Waals surface area contributed by atoms with Gasteiger partial charge >= 0.3 is 0 Å². The molecule has 0 unspecified atom stereocenters. The zero-order valence-corrected chi connectivity index (χ0v) is 11.9. The van der Waals surface area contributed by atoms with Crippen molar-refractivity contribution in [2.24, 2.45) is 0 Å². The van der Waals surface area contributed by atoms with Crippen molar-refractivity contribution in [2.45, 2.75) is 30.6 Å². The van der Waals surface area contributed by atoms with Crippen molar-refractivity contribution >= 4 is 10.0 Å². The van der Waals surface area contributed by atoms with Crippen LogP contribution in [-0.2, 0) is 29.3 Å². The lowest BCUT2D eigenvalue weighted by atomic mass is 10.1. The molecule has 106 valence electrons. The molecule has 0 saturated heterocycles. The smallest absolute Gasteiger partial charge is 0.240 e. The minimum Gasteiger partial charge on any atom is -0.469 e. The summed E-state index contributed by atoms with van der Waals surface area (Å²) in [6.07, 6.45) is 5.29. The summed E-state index contributed by atoms with van der Waals surface area (Å²) in [5.41, 5.74) is 2.44. The second-order valence-electron chi connectivity index (χ2n) is 5.01. The van der Waals surface area contributed by atoms with Crippen molar-refractivity contribution in [1.29, 1.82) is 0 Å². The van der Waals surface area contributed by atoms with Crippen LogP contribution >= 0.6 is 0 Å². The highest BCUT2D eigenvalue weighted by atomic mass is 32.2. The first-order valence-electron chi connectivity index (χ1n) is 6.79. The number of hydrogen-bond donors (Lipinski definition) is 1. The van der Waals surface area contributed by atoms with Crippen LogP contribution in [0, 0.1) is 0 Å². The average molecular weight is 291 g/mol. The number of nitrogens with one attached hydrogen (secondary N) is 1. The van der Waals surface area contributed by atoms with E-state index in [-0.39, 0.29) is 0 Å². The fraction of sp³-hybridized carbons (Fsp3) is 0.333. The first-order valence-corrected chi connectivity index (χ1v) is 8.27. The molecule has 1 N–H and O–H groups in total. The Hall–Kier alpha value is -1.59. The highest BCUT2D eigenvalue weighted by molar-refractivity contribution is 7.89. The molecule has 1 aromatic heterocycles. The average Bonchev–Trinajstić information content (AvgIpc) is 3.08. The normalized spacial score (nSPS) is 14.4. The maximum Gasteiger partial charge on any atom is 0.240 e. The van der Waals surface area contributed by atoms with E-state index in [1.807, 2.05) is 12.1 Å². The molecule has 1 heterocycles. The SMILES string of the molecule is O=S(=O)(NCCc1ccco1)c1ccc2c(c1)CCC2. The Balaban J connectivity index is 1.68. The van der Waals surface area contributed by atoms with E-state index in [2.05, 4.69) is 4.72 Å². The van der Waals surface area contributed by atoms with Crippen LogP contribution in [-0.4, -0.2) is 15.0 Å². The van der Waals surface area contributed by atoms with Gasteiger partial charge in [-0.1, -0.05) is 6.07 Å². The van der Waals surface area contributed by atoms with Gasteiger partial charge in [0.2, 0.25) is 10.0 Å². The molecule has 1 aliphatic rings. The topological polar surface area (TPSA) is 59.3 Å². The molecule has 0 radical (unpaired) electrons. The van der Waals surface area contributed by atoms with E-state index < -0.39 is 10.0 Å². The van der Waals surface area contributed by atoms with Gasteiger partial charge < -0.3 is 4.42 Å². The molecule has 0 spiro atoms. The van der Waals surface area contributed by atoms with Gasteiger partial charge in [0.05, 0.1) is 11.2 Å². The second kappa shape index (κ2) is 5.42. The molecule has 4 nitrogen and oxygen atoms in total. The summed E-state index contributed by atoms with van der Waals surface area (Å²) in [5, 5.41) is 0. The molecule has 20 heavy (non-hydrogen) atoms. The number of fused-ring (bicyclic) bond motifs is 1. The Bertz CT molecular complexity index is 690. The largest absolute Gasteiger partial charge is 0.469 e. The van der Waals surface area contributed by atoms with Crippen LogP contribution in [0.2, 0.25) is 0 Å². The van der Waals surface area contributed by atoms with E-state index >= 15 is 0 Å². The lowest BCUT2D eigenvalue weighted by molar-refractivity contribution is 0.506. The Kier molecular flexibility index (Phi) is 3.63. The van der Waals surface area contributed by atoms with Crippen LogP contribution in [0.5, 0.6) is 0 Å². The highest BCUT2D eigenvalue weighted by Crippen LogP contribution is 2.24. The summed E-state index contributed by atoms with van der Waals surface area (Å²) in [4.78, 5) is 0.359. The van der Waals surface area contributed by atoms with E-state index in [0.29, 0.717) is 17.9 Å². The van der Waals surface area contributed by atoms with Crippen molar-refractivity contribution in [3.63, 3.8) is 0 Å². The number of rotatable bonds is 5. The van der Waals surface area contributed by atoms with Crippen molar-refractivity contribution in [1.82, 2.24) is 4.72 Å². The molecule has 0 aliphatic heterocycles. The van der Waals surface area contributed by atoms with E-state index in [1.165, 1.54) is 11.1 Å². The predicted octanol–water partition coefficient (Wildman–Crippen LogP) is 2.29. The Morgan fingerprint density at radius 2 is 2.00 bits per heavy atom. The fourth-order valence-electron chi connectivity index (χ4n) is 2.56. The van der Waals surface area contributed by atoms with Crippen LogP contribution in [0.25, 0.3) is 0 Å². The van der Waals surface area contributed by atoms with Crippen LogP contribution in [0.4, 0.5) is 0 Å². The maximum absolute atomic E-state index is 12.2. The lowest BCUT2D eigenvalue weighted by Gasteiger charge is -2.08. The van der Waals surface area contributed by atoms with Crippen molar-refractivity contribution in [3.8, 4) is 0 Å². The summed E-state index contributed by atoms with van der Waals surface area (Å²) in [5.74, 6) is 0.779. The summed E-state index contributed by atoms with van der Waals surface area (Å²) in [7, 11) is -3.43. The zero-order chi connectivity index (χ0) is 14.0. The summed E-state index contributed by atoms with van der Waals surface area (Å²) >= 11 is 0. The maximum atomic E-state index is 12.2. The van der Waals surface area contributed by atoms with Gasteiger partial charge in [0, 0.05) is 13.0 Å². The molecule has 0 amide bonds. The molecule has 2 aromatic rings. The van der Waals surface area contributed by atoms with Gasteiger partial charge in [-0.15, -0.1) is 0 Å².